The molecule has 1 heterocycles. The van der Waals surface area contributed by atoms with Crippen LogP contribution < -0.4 is 0 Å². The normalized spacial score (nSPS) is 25.2. The largest absolute Gasteiger partial charge is 0.481 e. The molecule has 104 valence electrons. The number of aliphatic carboxylic acids is 1. The Kier molecular flexibility index (Phi) is 3.89. The molecule has 0 aromatic carbocycles. The van der Waals surface area contributed by atoms with Crippen LogP contribution in [0, 0.1) is 16.7 Å². The summed E-state index contributed by atoms with van der Waals surface area (Å²) in [7, 11) is 0. The third-order valence-electron chi connectivity index (χ3n) is 2.94. The molecule has 0 saturated carbocycles. The van der Waals surface area contributed by atoms with Crippen LogP contribution >= 0.6 is 0 Å². The van der Waals surface area contributed by atoms with Crippen LogP contribution in [0.3, 0.4) is 0 Å². The molecular formula is C13H18N2O4. The molecule has 19 heavy (non-hydrogen) atoms. The number of nitrogens with zero attached hydrogens (tertiary/aromatic N) is 2. The minimum Gasteiger partial charge on any atom is -0.481 e. The van der Waals surface area contributed by atoms with E-state index in [1.54, 1.807) is 20.8 Å². The molecule has 1 saturated heterocycles. The predicted octanol–water partition coefficient (Wildman–Crippen LogP) is 1.78. The van der Waals surface area contributed by atoms with Gasteiger partial charge in [-0.05, 0) is 33.3 Å². The van der Waals surface area contributed by atoms with Crippen LogP contribution in [-0.2, 0) is 9.53 Å². The molecule has 1 fully saturated rings. The van der Waals surface area contributed by atoms with E-state index in [0.29, 0.717) is 5.57 Å². The summed E-state index contributed by atoms with van der Waals surface area (Å²) in [5, 5.41) is 18.0. The number of amides is 1. The molecule has 1 aliphatic rings. The van der Waals surface area contributed by atoms with Gasteiger partial charge in [0.25, 0.3) is 0 Å². The van der Waals surface area contributed by atoms with E-state index >= 15 is 0 Å². The predicted molar refractivity (Wildman–Crippen MR) is 67.2 cm³/mol. The number of ether oxygens (including phenoxy) is 1. The zero-order valence-corrected chi connectivity index (χ0v) is 11.6. The quantitative estimate of drug-likeness (QED) is 0.730. The van der Waals surface area contributed by atoms with Crippen molar-refractivity contribution in [3.05, 3.63) is 11.6 Å². The molecule has 1 unspecified atom stereocenters. The van der Waals surface area contributed by atoms with Gasteiger partial charge in [0.1, 0.15) is 11.0 Å². The summed E-state index contributed by atoms with van der Waals surface area (Å²) in [6.07, 6.45) is 0.625. The van der Waals surface area contributed by atoms with Gasteiger partial charge >= 0.3 is 12.1 Å². The molecule has 6 nitrogen and oxygen atoms in total. The van der Waals surface area contributed by atoms with Crippen molar-refractivity contribution in [3.63, 3.8) is 0 Å². The van der Waals surface area contributed by atoms with Gasteiger partial charge < -0.3 is 14.7 Å². The van der Waals surface area contributed by atoms with Crippen LogP contribution in [0.25, 0.3) is 0 Å². The topological polar surface area (TPSA) is 90.6 Å². The molecule has 1 amide bonds. The molecule has 1 N–H and O–H groups in total. The number of carboxylic acid groups (broad SMARTS) is 1. The fraction of sp³-hybridized carbons (Fsp3) is 0.615. The maximum atomic E-state index is 11.9. The maximum Gasteiger partial charge on any atom is 0.410 e. The van der Waals surface area contributed by atoms with Gasteiger partial charge in [-0.25, -0.2) is 4.79 Å². The van der Waals surface area contributed by atoms with E-state index in [-0.39, 0.29) is 13.1 Å². The Bertz CT molecular complexity index is 470. The van der Waals surface area contributed by atoms with Gasteiger partial charge in [0, 0.05) is 19.2 Å². The standard InChI is InChI=1S/C13H18N2O4/c1-12(2,3)19-11(18)15-7-9(5-6-14)13(4,8-15)10(16)17/h5H,7-8H2,1-4H3,(H,16,17)/b9-5+. The van der Waals surface area contributed by atoms with E-state index in [1.807, 2.05) is 6.07 Å². The van der Waals surface area contributed by atoms with Crippen molar-refractivity contribution >= 4 is 12.1 Å². The van der Waals surface area contributed by atoms with Crippen LogP contribution in [0.15, 0.2) is 11.6 Å². The molecule has 0 bridgehead atoms. The Morgan fingerprint density at radius 3 is 2.53 bits per heavy atom. The number of rotatable bonds is 1. The zero-order chi connectivity index (χ0) is 14.8. The van der Waals surface area contributed by atoms with Crippen molar-refractivity contribution in [2.45, 2.75) is 33.3 Å². The minimum atomic E-state index is -1.23. The zero-order valence-electron chi connectivity index (χ0n) is 11.6. The number of nitriles is 1. The lowest BCUT2D eigenvalue weighted by molar-refractivity contribution is -0.145. The van der Waals surface area contributed by atoms with Crippen molar-refractivity contribution in [2.24, 2.45) is 5.41 Å². The molecule has 0 radical (unpaired) electrons. The van der Waals surface area contributed by atoms with Gasteiger partial charge in [-0.15, -0.1) is 0 Å². The molecular weight excluding hydrogens is 248 g/mol. The van der Waals surface area contributed by atoms with Crippen molar-refractivity contribution in [1.29, 1.82) is 5.26 Å². The molecule has 0 aliphatic carbocycles. The van der Waals surface area contributed by atoms with Gasteiger partial charge in [0.15, 0.2) is 0 Å². The first-order valence-corrected chi connectivity index (χ1v) is 5.90. The minimum absolute atomic E-state index is 0.00472. The first-order chi connectivity index (χ1) is 8.60. The third kappa shape index (κ3) is 3.25. The lowest BCUT2D eigenvalue weighted by atomic mass is 9.85. The maximum absolute atomic E-state index is 11.9. The average molecular weight is 266 g/mol. The van der Waals surface area contributed by atoms with Gasteiger partial charge in [0.2, 0.25) is 0 Å². The van der Waals surface area contributed by atoms with Gasteiger partial charge in [-0.3, -0.25) is 4.79 Å². The second-order valence-electron chi connectivity index (χ2n) is 5.77. The summed E-state index contributed by atoms with van der Waals surface area (Å²) in [5.74, 6) is -1.06. The van der Waals surface area contributed by atoms with Crippen LogP contribution in [0.4, 0.5) is 4.79 Å². The van der Waals surface area contributed by atoms with E-state index < -0.39 is 23.1 Å². The SMILES string of the molecule is CC(C)(C)OC(=O)N1C/C(=C\C#N)C(C)(C(=O)O)C1. The Labute approximate surface area is 112 Å². The van der Waals surface area contributed by atoms with E-state index in [4.69, 9.17) is 10.00 Å². The Morgan fingerprint density at radius 2 is 2.11 bits per heavy atom. The number of likely N-dealkylation sites (tertiary alicyclic amines) is 1. The first kappa shape index (κ1) is 15.0. The summed E-state index contributed by atoms with van der Waals surface area (Å²) in [6, 6.07) is 1.82. The average Bonchev–Trinajstić information content (AvgIpc) is 2.56. The second-order valence-corrected chi connectivity index (χ2v) is 5.77. The number of carbonyl (C=O) groups is 2. The van der Waals surface area contributed by atoms with Crippen LogP contribution in [0.1, 0.15) is 27.7 Å². The smallest absolute Gasteiger partial charge is 0.410 e. The summed E-state index contributed by atoms with van der Waals surface area (Å²) >= 11 is 0. The van der Waals surface area contributed by atoms with E-state index in [9.17, 15) is 14.7 Å². The second kappa shape index (κ2) is 4.92. The molecule has 6 heteroatoms. The lowest BCUT2D eigenvalue weighted by Gasteiger charge is -2.25. The highest BCUT2D eigenvalue weighted by atomic mass is 16.6. The van der Waals surface area contributed by atoms with E-state index in [2.05, 4.69) is 0 Å². The Hall–Kier alpha value is -2.03. The van der Waals surface area contributed by atoms with Gasteiger partial charge in [-0.1, -0.05) is 0 Å². The van der Waals surface area contributed by atoms with Crippen molar-refractivity contribution in [3.8, 4) is 6.07 Å². The summed E-state index contributed by atoms with van der Waals surface area (Å²) < 4.78 is 5.21. The number of hydrogen-bond acceptors (Lipinski definition) is 4. The molecule has 0 aromatic rings. The summed E-state index contributed by atoms with van der Waals surface area (Å²) in [6.45, 7) is 6.83. The number of hydrogen-bond donors (Lipinski definition) is 1. The highest BCUT2D eigenvalue weighted by Crippen LogP contribution is 2.36. The van der Waals surface area contributed by atoms with Gasteiger partial charge in [-0.2, -0.15) is 5.26 Å². The molecule has 0 spiro atoms. The number of allylic oxidation sites excluding steroid dienone is 1. The Balaban J connectivity index is 2.95. The molecule has 1 rings (SSSR count). The van der Waals surface area contributed by atoms with Crippen molar-refractivity contribution in [1.82, 2.24) is 4.90 Å². The Morgan fingerprint density at radius 1 is 1.53 bits per heavy atom. The van der Waals surface area contributed by atoms with Crippen molar-refractivity contribution < 1.29 is 19.4 Å². The summed E-state index contributed by atoms with van der Waals surface area (Å²) in [4.78, 5) is 24.6. The monoisotopic (exact) mass is 266 g/mol. The summed E-state index contributed by atoms with van der Waals surface area (Å²) in [5.41, 5.74) is -1.46. The molecule has 1 atom stereocenters. The van der Waals surface area contributed by atoms with Crippen LogP contribution in [0.5, 0.6) is 0 Å². The number of carbonyl (C=O) groups excluding carboxylic acids is 1. The highest BCUT2D eigenvalue weighted by molar-refractivity contribution is 5.82. The lowest BCUT2D eigenvalue weighted by Crippen LogP contribution is -2.38. The van der Waals surface area contributed by atoms with Crippen LogP contribution in [0.2, 0.25) is 0 Å². The first-order valence-electron chi connectivity index (χ1n) is 5.90. The highest BCUT2D eigenvalue weighted by Gasteiger charge is 2.47. The third-order valence-corrected chi connectivity index (χ3v) is 2.94. The fourth-order valence-electron chi connectivity index (χ4n) is 1.86. The molecule has 0 aromatic heterocycles. The van der Waals surface area contributed by atoms with E-state index in [1.165, 1.54) is 17.9 Å². The fourth-order valence-corrected chi connectivity index (χ4v) is 1.86. The van der Waals surface area contributed by atoms with Crippen LogP contribution in [-0.4, -0.2) is 40.8 Å². The van der Waals surface area contributed by atoms with Gasteiger partial charge in [0.05, 0.1) is 6.07 Å². The molecule has 1 aliphatic heterocycles. The van der Waals surface area contributed by atoms with E-state index in [0.717, 1.165) is 0 Å². The van der Waals surface area contributed by atoms with Crippen molar-refractivity contribution in [2.75, 3.05) is 13.1 Å². The number of carboxylic acids is 1.